The number of amides is 2. The molecule has 2 N–H and O–H groups in total. The molecule has 2 aromatic carbocycles. The first kappa shape index (κ1) is 18.2. The van der Waals surface area contributed by atoms with Crippen LogP contribution in [0.1, 0.15) is 16.8 Å². The van der Waals surface area contributed by atoms with Crippen molar-refractivity contribution in [1.29, 1.82) is 0 Å². The van der Waals surface area contributed by atoms with E-state index in [1.54, 1.807) is 30.3 Å². The van der Waals surface area contributed by atoms with Gasteiger partial charge in [0.2, 0.25) is 5.91 Å². The summed E-state index contributed by atoms with van der Waals surface area (Å²) in [5.74, 6) is -0.911. The maximum atomic E-state index is 12.8. The number of carbonyl (C=O) groups is 3. The number of imide groups is 1. The second-order valence-corrected chi connectivity index (χ2v) is 5.89. The molecule has 0 aromatic heterocycles. The van der Waals surface area contributed by atoms with Crippen LogP contribution in [0.3, 0.4) is 0 Å². The first-order valence-electron chi connectivity index (χ1n) is 8.13. The van der Waals surface area contributed by atoms with Gasteiger partial charge in [-0.15, -0.1) is 0 Å². The zero-order chi connectivity index (χ0) is 19.6. The van der Waals surface area contributed by atoms with Crippen LogP contribution in [-0.4, -0.2) is 43.2 Å². The summed E-state index contributed by atoms with van der Waals surface area (Å²) in [6.45, 7) is 0. The number of carboxylic acids is 1. The normalized spacial score (nSPS) is 16.4. The Morgan fingerprint density at radius 2 is 1.81 bits per heavy atom. The molecule has 8 heteroatoms. The number of anilines is 2. The van der Waals surface area contributed by atoms with E-state index in [-0.39, 0.29) is 17.9 Å². The van der Waals surface area contributed by atoms with E-state index >= 15 is 0 Å². The van der Waals surface area contributed by atoms with Crippen LogP contribution < -0.4 is 19.7 Å². The minimum atomic E-state index is -1.04. The number of hydrogen-bond acceptors (Lipinski definition) is 6. The summed E-state index contributed by atoms with van der Waals surface area (Å²) in [5, 5.41) is 11.9. The Hall–Kier alpha value is -3.55. The van der Waals surface area contributed by atoms with E-state index in [1.807, 2.05) is 0 Å². The first-order chi connectivity index (χ1) is 12.9. The molecule has 0 aliphatic carbocycles. The van der Waals surface area contributed by atoms with Crippen molar-refractivity contribution < 1.29 is 29.0 Å². The van der Waals surface area contributed by atoms with Gasteiger partial charge in [0.15, 0.2) is 0 Å². The number of nitrogens with one attached hydrogen (secondary N) is 1. The maximum absolute atomic E-state index is 12.8. The van der Waals surface area contributed by atoms with Crippen LogP contribution in [0.2, 0.25) is 0 Å². The van der Waals surface area contributed by atoms with E-state index < -0.39 is 17.9 Å². The number of nitrogens with zero attached hydrogens (tertiary/aromatic N) is 1. The van der Waals surface area contributed by atoms with Gasteiger partial charge in [0.05, 0.1) is 31.9 Å². The molecule has 1 heterocycles. The number of ether oxygens (including phenoxy) is 2. The highest BCUT2D eigenvalue weighted by Gasteiger charge is 2.40. The average Bonchev–Trinajstić information content (AvgIpc) is 2.94. The highest BCUT2D eigenvalue weighted by molar-refractivity contribution is 6.23. The highest BCUT2D eigenvalue weighted by Crippen LogP contribution is 2.35. The van der Waals surface area contributed by atoms with Crippen LogP contribution in [0.25, 0.3) is 0 Å². The van der Waals surface area contributed by atoms with Crippen molar-refractivity contribution >= 4 is 29.2 Å². The van der Waals surface area contributed by atoms with E-state index in [9.17, 15) is 14.4 Å². The van der Waals surface area contributed by atoms with Gasteiger partial charge in [-0.1, -0.05) is 0 Å². The van der Waals surface area contributed by atoms with Crippen LogP contribution in [0.15, 0.2) is 42.5 Å². The fourth-order valence-electron chi connectivity index (χ4n) is 2.88. The quantitative estimate of drug-likeness (QED) is 0.751. The summed E-state index contributed by atoms with van der Waals surface area (Å²) in [6.07, 6.45) is -0.0191. The van der Waals surface area contributed by atoms with Gasteiger partial charge < -0.3 is 19.9 Å². The smallest absolute Gasteiger partial charge is 0.335 e. The molecule has 2 amide bonds. The molecule has 8 nitrogen and oxygen atoms in total. The third-order valence-corrected chi connectivity index (χ3v) is 4.25. The van der Waals surface area contributed by atoms with Crippen LogP contribution in [-0.2, 0) is 9.59 Å². The summed E-state index contributed by atoms with van der Waals surface area (Å²) in [4.78, 5) is 37.2. The van der Waals surface area contributed by atoms with E-state index in [2.05, 4.69) is 5.32 Å². The number of carbonyl (C=O) groups excluding carboxylic acids is 2. The zero-order valence-corrected chi connectivity index (χ0v) is 14.8. The fraction of sp³-hybridized carbons (Fsp3) is 0.211. The van der Waals surface area contributed by atoms with Crippen molar-refractivity contribution in [2.75, 3.05) is 24.4 Å². The van der Waals surface area contributed by atoms with Gasteiger partial charge in [0, 0.05) is 11.8 Å². The van der Waals surface area contributed by atoms with Crippen LogP contribution >= 0.6 is 0 Å². The molecule has 1 saturated heterocycles. The lowest BCUT2D eigenvalue weighted by molar-refractivity contribution is -0.121. The second kappa shape index (κ2) is 7.36. The molecule has 0 bridgehead atoms. The average molecular weight is 370 g/mol. The number of aromatic carboxylic acids is 1. The standard InChI is InChI=1S/C19H18N2O6/c1-26-13-7-8-15(16(9-13)27-2)21-17(22)10-14(18(21)23)20-12-5-3-11(4-6-12)19(24)25/h3-9,14,20H,10H2,1-2H3,(H,24,25)/t14-/m1/s1. The molecule has 1 aliphatic rings. The first-order valence-corrected chi connectivity index (χ1v) is 8.13. The molecule has 27 heavy (non-hydrogen) atoms. The van der Waals surface area contributed by atoms with E-state index in [4.69, 9.17) is 14.6 Å². The summed E-state index contributed by atoms with van der Waals surface area (Å²) < 4.78 is 10.4. The Kier molecular flexibility index (Phi) is 4.98. The summed E-state index contributed by atoms with van der Waals surface area (Å²) in [5.41, 5.74) is 1.03. The molecular formula is C19H18N2O6. The number of hydrogen-bond donors (Lipinski definition) is 2. The fourth-order valence-corrected chi connectivity index (χ4v) is 2.88. The minimum absolute atomic E-state index is 0.0191. The number of benzene rings is 2. The van der Waals surface area contributed by atoms with Crippen LogP contribution in [0.5, 0.6) is 11.5 Å². The number of rotatable bonds is 6. The Balaban J connectivity index is 1.82. The maximum Gasteiger partial charge on any atom is 0.335 e. The van der Waals surface area contributed by atoms with Crippen molar-refractivity contribution in [3.63, 3.8) is 0 Å². The lowest BCUT2D eigenvalue weighted by atomic mass is 10.2. The molecule has 1 atom stereocenters. The second-order valence-electron chi connectivity index (χ2n) is 5.89. The van der Waals surface area contributed by atoms with E-state index in [0.717, 1.165) is 4.90 Å². The third-order valence-electron chi connectivity index (χ3n) is 4.25. The molecule has 2 aromatic rings. The third kappa shape index (κ3) is 3.55. The zero-order valence-electron chi connectivity index (χ0n) is 14.8. The van der Waals surface area contributed by atoms with Crippen molar-refractivity contribution in [2.24, 2.45) is 0 Å². The SMILES string of the molecule is COc1ccc(N2C(=O)C[C@@H](Nc3ccc(C(=O)O)cc3)C2=O)c(OC)c1. The number of carboxylic acid groups (broad SMARTS) is 1. The minimum Gasteiger partial charge on any atom is -0.497 e. The van der Waals surface area contributed by atoms with Gasteiger partial charge in [-0.3, -0.25) is 9.59 Å². The molecule has 0 spiro atoms. The van der Waals surface area contributed by atoms with Crippen LogP contribution in [0, 0.1) is 0 Å². The largest absolute Gasteiger partial charge is 0.497 e. The molecule has 1 fully saturated rings. The highest BCUT2D eigenvalue weighted by atomic mass is 16.5. The summed E-state index contributed by atoms with van der Waals surface area (Å²) >= 11 is 0. The van der Waals surface area contributed by atoms with Gasteiger partial charge in [-0.05, 0) is 36.4 Å². The Labute approximate surface area is 155 Å². The van der Waals surface area contributed by atoms with E-state index in [1.165, 1.54) is 26.4 Å². The molecule has 140 valence electrons. The van der Waals surface area contributed by atoms with Gasteiger partial charge in [0.1, 0.15) is 17.5 Å². The number of methoxy groups -OCH3 is 2. The van der Waals surface area contributed by atoms with Crippen molar-refractivity contribution in [3.8, 4) is 11.5 Å². The van der Waals surface area contributed by atoms with Gasteiger partial charge in [-0.25, -0.2) is 9.69 Å². The predicted octanol–water partition coefficient (Wildman–Crippen LogP) is 2.15. The Morgan fingerprint density at radius 1 is 1.11 bits per heavy atom. The van der Waals surface area contributed by atoms with Crippen molar-refractivity contribution in [2.45, 2.75) is 12.5 Å². The molecule has 0 unspecified atom stereocenters. The molecule has 0 saturated carbocycles. The molecule has 1 aliphatic heterocycles. The van der Waals surface area contributed by atoms with Crippen molar-refractivity contribution in [3.05, 3.63) is 48.0 Å². The van der Waals surface area contributed by atoms with Crippen LogP contribution in [0.4, 0.5) is 11.4 Å². The lowest BCUT2D eigenvalue weighted by Gasteiger charge is -2.19. The molecular weight excluding hydrogens is 352 g/mol. The van der Waals surface area contributed by atoms with Gasteiger partial charge in [0.25, 0.3) is 5.91 Å². The predicted molar refractivity (Wildman–Crippen MR) is 97.5 cm³/mol. The van der Waals surface area contributed by atoms with Crippen molar-refractivity contribution in [1.82, 2.24) is 0 Å². The Bertz CT molecular complexity index is 894. The molecule has 3 rings (SSSR count). The summed E-state index contributed by atoms with van der Waals surface area (Å²) in [6, 6.07) is 10.0. The van der Waals surface area contributed by atoms with E-state index in [0.29, 0.717) is 22.9 Å². The monoisotopic (exact) mass is 370 g/mol. The van der Waals surface area contributed by atoms with Gasteiger partial charge >= 0.3 is 5.97 Å². The van der Waals surface area contributed by atoms with Gasteiger partial charge in [-0.2, -0.15) is 0 Å². The topological polar surface area (TPSA) is 105 Å². The molecule has 0 radical (unpaired) electrons. The Morgan fingerprint density at radius 3 is 2.41 bits per heavy atom. The summed E-state index contributed by atoms with van der Waals surface area (Å²) in [7, 11) is 2.96. The lowest BCUT2D eigenvalue weighted by Crippen LogP contribution is -2.35.